The summed E-state index contributed by atoms with van der Waals surface area (Å²) in [5.41, 5.74) is 1.87. The average Bonchev–Trinajstić information content (AvgIpc) is 3.62. The average molecular weight is 588 g/mol. The van der Waals surface area contributed by atoms with Gasteiger partial charge in [0.15, 0.2) is 11.6 Å². The Bertz CT molecular complexity index is 1470. The van der Waals surface area contributed by atoms with Gasteiger partial charge in [-0.05, 0) is 102 Å². The molecule has 0 radical (unpaired) electrons. The van der Waals surface area contributed by atoms with Crippen molar-refractivity contribution in [3.8, 4) is 22.8 Å². The highest BCUT2D eigenvalue weighted by Gasteiger charge is 2.47. The molecule has 228 valence electrons. The fraction of sp³-hybridized carbons (Fsp3) is 0.576. The first-order valence-electron chi connectivity index (χ1n) is 15.9. The van der Waals surface area contributed by atoms with E-state index in [2.05, 4.69) is 30.2 Å². The van der Waals surface area contributed by atoms with E-state index in [1.807, 2.05) is 24.6 Å². The lowest BCUT2D eigenvalue weighted by Crippen LogP contribution is -2.61. The van der Waals surface area contributed by atoms with Crippen LogP contribution in [0.2, 0.25) is 0 Å². The lowest BCUT2D eigenvalue weighted by Gasteiger charge is -2.55. The topological polar surface area (TPSA) is 88.4 Å². The number of rotatable bonds is 7. The predicted octanol–water partition coefficient (Wildman–Crippen LogP) is 5.59. The zero-order valence-electron chi connectivity index (χ0n) is 25.3. The van der Waals surface area contributed by atoms with Crippen LogP contribution in [0.5, 0.6) is 11.5 Å². The highest BCUT2D eigenvalue weighted by atomic mass is 19.1. The van der Waals surface area contributed by atoms with Crippen LogP contribution in [0.4, 0.5) is 10.2 Å². The van der Waals surface area contributed by atoms with Crippen molar-refractivity contribution >= 4 is 11.7 Å². The maximum absolute atomic E-state index is 14.4. The highest BCUT2D eigenvalue weighted by Crippen LogP contribution is 2.46. The van der Waals surface area contributed by atoms with Gasteiger partial charge < -0.3 is 19.9 Å². The van der Waals surface area contributed by atoms with Gasteiger partial charge in [-0.15, -0.1) is 0 Å². The van der Waals surface area contributed by atoms with Crippen LogP contribution in [0.15, 0.2) is 43.0 Å². The van der Waals surface area contributed by atoms with E-state index >= 15 is 0 Å². The molecule has 10 heteroatoms. The molecule has 1 amide bonds. The van der Waals surface area contributed by atoms with Gasteiger partial charge in [0.05, 0.1) is 11.9 Å². The number of piperidine rings is 1. The van der Waals surface area contributed by atoms with Crippen LogP contribution in [-0.4, -0.2) is 68.8 Å². The summed E-state index contributed by atoms with van der Waals surface area (Å²) in [4.78, 5) is 25.6. The van der Waals surface area contributed by atoms with E-state index in [1.165, 1.54) is 44.4 Å². The molecule has 0 atom stereocenters. The summed E-state index contributed by atoms with van der Waals surface area (Å²) in [6.45, 7) is 9.47. The molecule has 2 aromatic heterocycles. The minimum Gasteiger partial charge on any atom is -0.451 e. The molecular weight excluding hydrogens is 545 g/mol. The molecule has 3 aliphatic heterocycles. The molecule has 2 spiro atoms. The monoisotopic (exact) mass is 587 g/mol. The number of carbonyl (C=O) groups excluding carboxylic acids is 1. The molecule has 9 nitrogen and oxygen atoms in total. The first-order chi connectivity index (χ1) is 20.8. The van der Waals surface area contributed by atoms with Crippen molar-refractivity contribution in [1.29, 1.82) is 0 Å². The molecule has 1 aromatic carbocycles. The van der Waals surface area contributed by atoms with Crippen LogP contribution < -0.4 is 15.0 Å². The molecule has 1 saturated carbocycles. The lowest BCUT2D eigenvalue weighted by molar-refractivity contribution is -0.120. The molecule has 3 saturated heterocycles. The molecule has 3 aromatic rings. The Labute approximate surface area is 252 Å². The van der Waals surface area contributed by atoms with E-state index in [1.54, 1.807) is 24.8 Å². The van der Waals surface area contributed by atoms with Gasteiger partial charge >= 0.3 is 0 Å². The maximum atomic E-state index is 14.4. The Kier molecular flexibility index (Phi) is 7.35. The van der Waals surface area contributed by atoms with Crippen molar-refractivity contribution < 1.29 is 13.9 Å². The summed E-state index contributed by atoms with van der Waals surface area (Å²) in [6, 6.07) is 6.59. The number of hydrogen-bond acceptors (Lipinski definition) is 7. The Morgan fingerprint density at radius 3 is 2.58 bits per heavy atom. The quantitative estimate of drug-likeness (QED) is 0.385. The molecule has 5 heterocycles. The van der Waals surface area contributed by atoms with Crippen LogP contribution in [0.1, 0.15) is 71.3 Å². The zero-order chi connectivity index (χ0) is 29.6. The molecule has 0 unspecified atom stereocenters. The molecule has 1 aliphatic carbocycles. The van der Waals surface area contributed by atoms with Gasteiger partial charge in [0.2, 0.25) is 5.91 Å². The number of likely N-dealkylation sites (tertiary alicyclic amines) is 1. The predicted molar refractivity (Wildman–Crippen MR) is 162 cm³/mol. The second-order valence-electron chi connectivity index (χ2n) is 13.6. The molecular formula is C33H42FN7O2. The van der Waals surface area contributed by atoms with Crippen molar-refractivity contribution in [2.24, 2.45) is 11.3 Å². The van der Waals surface area contributed by atoms with Crippen LogP contribution >= 0.6 is 0 Å². The van der Waals surface area contributed by atoms with Crippen LogP contribution in [-0.2, 0) is 4.79 Å². The second kappa shape index (κ2) is 11.2. The first-order valence-corrected chi connectivity index (χ1v) is 15.9. The SMILES string of the molecule is CC(C)n1nccc1-c1cc(F)ccc1Oc1cncnc1N1CC2(CCN(C[C@H]3CC[C@]4(CCC(=O)N4)CC3)CC2)C1. The number of nitrogens with zero attached hydrogens (tertiary/aromatic N) is 6. The van der Waals surface area contributed by atoms with Gasteiger partial charge in [-0.1, -0.05) is 0 Å². The van der Waals surface area contributed by atoms with Crippen molar-refractivity contribution in [2.45, 2.75) is 76.8 Å². The number of aromatic nitrogens is 4. The van der Waals surface area contributed by atoms with Gasteiger partial charge in [0.1, 0.15) is 17.9 Å². The summed E-state index contributed by atoms with van der Waals surface area (Å²) in [5.74, 6) is 2.57. The van der Waals surface area contributed by atoms with Gasteiger partial charge in [-0.3, -0.25) is 9.48 Å². The number of carbonyl (C=O) groups is 1. The van der Waals surface area contributed by atoms with Gasteiger partial charge in [-0.2, -0.15) is 5.10 Å². The summed E-state index contributed by atoms with van der Waals surface area (Å²) >= 11 is 0. The van der Waals surface area contributed by atoms with E-state index in [0.717, 1.165) is 62.9 Å². The molecule has 4 fully saturated rings. The van der Waals surface area contributed by atoms with E-state index < -0.39 is 0 Å². The summed E-state index contributed by atoms with van der Waals surface area (Å²) < 4.78 is 22.7. The molecule has 43 heavy (non-hydrogen) atoms. The number of anilines is 1. The third kappa shape index (κ3) is 5.61. The van der Waals surface area contributed by atoms with Crippen LogP contribution in [0.25, 0.3) is 11.3 Å². The number of ether oxygens (including phenoxy) is 1. The van der Waals surface area contributed by atoms with Crippen molar-refractivity contribution in [1.82, 2.24) is 30.0 Å². The van der Waals surface area contributed by atoms with E-state index in [9.17, 15) is 9.18 Å². The number of halogens is 1. The van der Waals surface area contributed by atoms with Crippen molar-refractivity contribution in [3.05, 3.63) is 48.8 Å². The van der Waals surface area contributed by atoms with Crippen LogP contribution in [0, 0.1) is 17.2 Å². The fourth-order valence-corrected chi connectivity index (χ4v) is 7.83. The third-order valence-electron chi connectivity index (χ3n) is 10.3. The number of hydrogen-bond donors (Lipinski definition) is 1. The van der Waals surface area contributed by atoms with E-state index in [-0.39, 0.29) is 23.3 Å². The maximum Gasteiger partial charge on any atom is 0.220 e. The van der Waals surface area contributed by atoms with E-state index in [0.29, 0.717) is 28.9 Å². The molecule has 7 rings (SSSR count). The van der Waals surface area contributed by atoms with Crippen LogP contribution in [0.3, 0.4) is 0 Å². The van der Waals surface area contributed by atoms with E-state index in [4.69, 9.17) is 4.74 Å². The Morgan fingerprint density at radius 1 is 1.07 bits per heavy atom. The highest BCUT2D eigenvalue weighted by molar-refractivity contribution is 5.79. The number of amides is 1. The van der Waals surface area contributed by atoms with Gasteiger partial charge in [0.25, 0.3) is 0 Å². The first kappa shape index (κ1) is 28.3. The second-order valence-corrected chi connectivity index (χ2v) is 13.6. The molecule has 0 bridgehead atoms. The standard InChI is InChI=1S/C33H42FN7O2/c1-23(2)41-27(8-14-37-41)26-17-25(34)3-4-28(26)43-29-18-35-22-36-31(29)40-20-32(21-40)12-15-39(16-13-32)19-24-5-9-33(10-6-24)11-7-30(42)38-33/h3-4,8,14,17-18,22-24H,5-7,9-13,15-16,19-21H2,1-2H3,(H,38,42)/t24-,33+. The van der Waals surface area contributed by atoms with Crippen molar-refractivity contribution in [2.75, 3.05) is 37.6 Å². The summed E-state index contributed by atoms with van der Waals surface area (Å²) in [7, 11) is 0. The Morgan fingerprint density at radius 2 is 1.86 bits per heavy atom. The smallest absolute Gasteiger partial charge is 0.220 e. The summed E-state index contributed by atoms with van der Waals surface area (Å²) in [5, 5.41) is 7.71. The third-order valence-corrected chi connectivity index (χ3v) is 10.3. The minimum absolute atomic E-state index is 0.105. The Balaban J connectivity index is 0.969. The Hall–Kier alpha value is -3.53. The minimum atomic E-state index is -0.325. The largest absolute Gasteiger partial charge is 0.451 e. The van der Waals surface area contributed by atoms with Crippen molar-refractivity contribution in [3.63, 3.8) is 0 Å². The normalized spacial score (nSPS) is 25.3. The molecule has 1 N–H and O–H groups in total. The summed E-state index contributed by atoms with van der Waals surface area (Å²) in [6.07, 6.45) is 13.8. The number of nitrogens with one attached hydrogen (secondary N) is 1. The number of benzene rings is 1. The van der Waals surface area contributed by atoms with Gasteiger partial charge in [0, 0.05) is 54.8 Å². The lowest BCUT2D eigenvalue weighted by atomic mass is 9.71. The van der Waals surface area contributed by atoms with Gasteiger partial charge in [-0.25, -0.2) is 14.4 Å². The zero-order valence-corrected chi connectivity index (χ0v) is 25.3. The fourth-order valence-electron chi connectivity index (χ4n) is 7.83. The molecule has 4 aliphatic rings.